The zero-order valence-corrected chi connectivity index (χ0v) is 16.8. The number of hydrogen-bond donors (Lipinski definition) is 3. The van der Waals surface area contributed by atoms with Crippen molar-refractivity contribution in [2.45, 2.75) is 19.3 Å². The number of hydrazine groups is 1. The molecule has 0 saturated carbocycles. The summed E-state index contributed by atoms with van der Waals surface area (Å²) in [4.78, 5) is 2.32. The van der Waals surface area contributed by atoms with E-state index in [9.17, 15) is 0 Å². The van der Waals surface area contributed by atoms with Crippen LogP contribution in [-0.4, -0.2) is 23.5 Å². The predicted molar refractivity (Wildman–Crippen MR) is 117 cm³/mol. The monoisotopic (exact) mass is 416 g/mol. The van der Waals surface area contributed by atoms with Crippen LogP contribution in [0, 0.1) is 0 Å². The third-order valence-corrected chi connectivity index (χ3v) is 5.98. The smallest absolute Gasteiger partial charge is 0.186 e. The van der Waals surface area contributed by atoms with E-state index in [1.807, 2.05) is 42.5 Å². The van der Waals surface area contributed by atoms with Gasteiger partial charge in [-0.15, -0.1) is 0 Å². The van der Waals surface area contributed by atoms with Crippen LogP contribution in [0.25, 0.3) is 16.6 Å². The fourth-order valence-electron chi connectivity index (χ4n) is 3.95. The molecule has 146 valence electrons. The van der Waals surface area contributed by atoms with Crippen molar-refractivity contribution in [1.29, 1.82) is 0 Å². The van der Waals surface area contributed by atoms with Gasteiger partial charge in [0.2, 0.25) is 0 Å². The summed E-state index contributed by atoms with van der Waals surface area (Å²) in [5.41, 5.74) is 6.26. The summed E-state index contributed by atoms with van der Waals surface area (Å²) in [5, 5.41) is 5.83. The first-order chi connectivity index (χ1) is 13.7. The van der Waals surface area contributed by atoms with E-state index in [0.717, 1.165) is 53.9 Å². The Bertz CT molecular complexity index is 1020. The van der Waals surface area contributed by atoms with Gasteiger partial charge in [-0.2, -0.15) is 5.10 Å². The van der Waals surface area contributed by atoms with Gasteiger partial charge in [-0.3, -0.25) is 0 Å². The Morgan fingerprint density at radius 3 is 2.36 bits per heavy atom. The lowest BCUT2D eigenvalue weighted by atomic mass is 10.1. The molecule has 0 bridgehead atoms. The number of nitrogens with one attached hydrogen (secondary N) is 1. The van der Waals surface area contributed by atoms with E-state index in [-0.39, 0.29) is 0 Å². The third kappa shape index (κ3) is 3.07. The molecule has 6 nitrogen and oxygen atoms in total. The van der Waals surface area contributed by atoms with Crippen LogP contribution in [0.1, 0.15) is 25.0 Å². The number of anilines is 1. The van der Waals surface area contributed by atoms with Crippen LogP contribution in [0.2, 0.25) is 10.0 Å². The number of amidine groups is 1. The van der Waals surface area contributed by atoms with Crippen molar-refractivity contribution in [3.05, 3.63) is 58.2 Å². The van der Waals surface area contributed by atoms with Crippen molar-refractivity contribution in [3.63, 3.8) is 0 Å². The molecule has 0 spiro atoms. The number of piperidine rings is 1. The molecule has 2 heterocycles. The fraction of sp³-hybridized carbons (Fsp3) is 0.250. The van der Waals surface area contributed by atoms with Gasteiger partial charge >= 0.3 is 0 Å². The minimum Gasteiger partial charge on any atom is -0.369 e. The highest BCUT2D eigenvalue weighted by molar-refractivity contribution is 6.46. The van der Waals surface area contributed by atoms with Gasteiger partial charge in [0.25, 0.3) is 0 Å². The van der Waals surface area contributed by atoms with E-state index in [0.29, 0.717) is 15.9 Å². The lowest BCUT2D eigenvalue weighted by molar-refractivity contribution is 0.578. The molecule has 28 heavy (non-hydrogen) atoms. The van der Waals surface area contributed by atoms with Crippen LogP contribution in [0.5, 0.6) is 0 Å². The summed E-state index contributed by atoms with van der Waals surface area (Å²) >= 11 is 13.1. The minimum absolute atomic E-state index is 0.382. The van der Waals surface area contributed by atoms with Crippen LogP contribution in [0.4, 0.5) is 5.69 Å². The number of rotatable bonds is 3. The van der Waals surface area contributed by atoms with Crippen LogP contribution in [0.3, 0.4) is 0 Å². The van der Waals surface area contributed by atoms with E-state index in [2.05, 4.69) is 20.0 Å². The maximum absolute atomic E-state index is 6.72. The third-order valence-electron chi connectivity index (χ3n) is 5.18. The van der Waals surface area contributed by atoms with Gasteiger partial charge < -0.3 is 20.7 Å². The Balaban J connectivity index is 2.15. The largest absolute Gasteiger partial charge is 0.369 e. The number of hydrazone groups is 1. The van der Waals surface area contributed by atoms with Crippen molar-refractivity contribution in [2.75, 3.05) is 18.0 Å². The quantitative estimate of drug-likeness (QED) is 0.260. The number of halogens is 2. The standard InChI is InChI=1S/C20H22Cl2N6/c21-14-9-10-15-16(17(14)22)18(27-11-5-2-6-12-27)19(20(25-23)26-24)28(15)13-7-3-1-4-8-13/h1,3-4,7-10H,2,5-6,11-12,23-24H2,(H,25,26). The normalized spacial score (nSPS) is 15.2. The summed E-state index contributed by atoms with van der Waals surface area (Å²) in [7, 11) is 0. The molecule has 1 aliphatic heterocycles. The highest BCUT2D eigenvalue weighted by Crippen LogP contribution is 2.43. The zero-order valence-electron chi connectivity index (χ0n) is 15.3. The molecule has 4 rings (SSSR count). The van der Waals surface area contributed by atoms with Gasteiger partial charge in [0.15, 0.2) is 5.84 Å². The highest BCUT2D eigenvalue weighted by Gasteiger charge is 2.29. The summed E-state index contributed by atoms with van der Waals surface area (Å²) in [6, 6.07) is 13.8. The van der Waals surface area contributed by atoms with Crippen LogP contribution in [-0.2, 0) is 0 Å². The molecule has 0 radical (unpaired) electrons. The maximum atomic E-state index is 6.72. The maximum Gasteiger partial charge on any atom is 0.186 e. The summed E-state index contributed by atoms with van der Waals surface area (Å²) in [5.74, 6) is 11.9. The van der Waals surface area contributed by atoms with Crippen molar-refractivity contribution in [2.24, 2.45) is 16.8 Å². The number of nitrogens with two attached hydrogens (primary N) is 2. The van der Waals surface area contributed by atoms with Gasteiger partial charge in [0.1, 0.15) is 5.69 Å². The average Bonchev–Trinajstić information content (AvgIpc) is 3.08. The Labute approximate surface area is 173 Å². The Morgan fingerprint density at radius 2 is 1.71 bits per heavy atom. The zero-order chi connectivity index (χ0) is 19.7. The minimum atomic E-state index is 0.382. The van der Waals surface area contributed by atoms with Gasteiger partial charge in [0, 0.05) is 24.2 Å². The summed E-state index contributed by atoms with van der Waals surface area (Å²) < 4.78 is 2.08. The number of benzene rings is 2. The summed E-state index contributed by atoms with van der Waals surface area (Å²) in [6.45, 7) is 1.85. The molecule has 2 aromatic carbocycles. The molecule has 0 atom stereocenters. The number of nitrogens with zero attached hydrogens (tertiary/aromatic N) is 3. The van der Waals surface area contributed by atoms with Crippen LogP contribution >= 0.6 is 23.2 Å². The molecule has 0 aliphatic carbocycles. The SMILES string of the molecule is N/N=C(\NN)c1c(N2CCCCC2)c2c(Cl)c(Cl)ccc2n1-c1ccccc1. The van der Waals surface area contributed by atoms with Gasteiger partial charge in [-0.1, -0.05) is 41.4 Å². The van der Waals surface area contributed by atoms with Crippen molar-refractivity contribution in [1.82, 2.24) is 9.99 Å². The van der Waals surface area contributed by atoms with Crippen LogP contribution < -0.4 is 22.0 Å². The molecule has 1 fully saturated rings. The molecule has 3 aromatic rings. The molecule has 1 aromatic heterocycles. The molecule has 1 aliphatic rings. The molecule has 0 unspecified atom stereocenters. The Morgan fingerprint density at radius 1 is 1.00 bits per heavy atom. The van der Waals surface area contributed by atoms with E-state index >= 15 is 0 Å². The molecule has 5 N–H and O–H groups in total. The van der Waals surface area contributed by atoms with Crippen molar-refractivity contribution >= 4 is 45.6 Å². The number of fused-ring (bicyclic) bond motifs is 1. The van der Waals surface area contributed by atoms with Crippen molar-refractivity contribution in [3.8, 4) is 5.69 Å². The van der Waals surface area contributed by atoms with Gasteiger partial charge in [0.05, 0.1) is 21.2 Å². The van der Waals surface area contributed by atoms with Gasteiger partial charge in [-0.05, 0) is 43.5 Å². The molecular formula is C20H22Cl2N6. The van der Waals surface area contributed by atoms with E-state index in [4.69, 9.17) is 34.9 Å². The number of aromatic nitrogens is 1. The topological polar surface area (TPSA) is 84.6 Å². The average molecular weight is 417 g/mol. The Kier molecular flexibility index (Phi) is 5.35. The predicted octanol–water partition coefficient (Wildman–Crippen LogP) is 4.01. The number of para-hydroxylation sites is 1. The van der Waals surface area contributed by atoms with E-state index < -0.39 is 0 Å². The van der Waals surface area contributed by atoms with Crippen molar-refractivity contribution < 1.29 is 0 Å². The summed E-state index contributed by atoms with van der Waals surface area (Å²) in [6.07, 6.45) is 3.44. The molecular weight excluding hydrogens is 395 g/mol. The Hall–Kier alpha value is -2.41. The van der Waals surface area contributed by atoms with Gasteiger partial charge in [-0.25, -0.2) is 5.84 Å². The van der Waals surface area contributed by atoms with E-state index in [1.54, 1.807) is 0 Å². The second-order valence-corrected chi connectivity index (χ2v) is 7.58. The highest BCUT2D eigenvalue weighted by atomic mass is 35.5. The van der Waals surface area contributed by atoms with E-state index in [1.165, 1.54) is 6.42 Å². The first-order valence-corrected chi connectivity index (χ1v) is 10.0. The molecule has 8 heteroatoms. The second-order valence-electron chi connectivity index (χ2n) is 6.79. The second kappa shape index (κ2) is 7.91. The molecule has 1 saturated heterocycles. The molecule has 0 amide bonds. The lowest BCUT2D eigenvalue weighted by Crippen LogP contribution is -2.37. The van der Waals surface area contributed by atoms with Crippen LogP contribution in [0.15, 0.2) is 47.6 Å². The fourth-order valence-corrected chi connectivity index (χ4v) is 4.36. The number of hydrogen-bond acceptors (Lipinski definition) is 4. The first-order valence-electron chi connectivity index (χ1n) is 9.25. The lowest BCUT2D eigenvalue weighted by Gasteiger charge is -2.30. The first kappa shape index (κ1) is 18.9.